The number of rotatable bonds is 5. The number of hydrogen-bond donors (Lipinski definition) is 2. The molecule has 3 heteroatoms. The van der Waals surface area contributed by atoms with Crippen LogP contribution in [0.1, 0.15) is 45.4 Å². The highest BCUT2D eigenvalue weighted by molar-refractivity contribution is 4.91. The molecule has 0 spiro atoms. The standard InChI is InChI=1S/C14H28N2O/c1-2-12-10-15-11-14(12)16(8-9-17)13-6-4-3-5-7-13/h12-15,17H,2-11H2,1H3. The molecule has 3 nitrogen and oxygen atoms in total. The summed E-state index contributed by atoms with van der Waals surface area (Å²) in [4.78, 5) is 2.62. The van der Waals surface area contributed by atoms with Crippen molar-refractivity contribution in [3.8, 4) is 0 Å². The second-order valence-electron chi connectivity index (χ2n) is 5.65. The lowest BCUT2D eigenvalue weighted by atomic mass is 9.90. The Morgan fingerprint density at radius 3 is 2.59 bits per heavy atom. The molecule has 1 saturated carbocycles. The van der Waals surface area contributed by atoms with Gasteiger partial charge in [0, 0.05) is 25.2 Å². The minimum Gasteiger partial charge on any atom is -0.395 e. The smallest absolute Gasteiger partial charge is 0.0558 e. The van der Waals surface area contributed by atoms with Crippen molar-refractivity contribution in [1.29, 1.82) is 0 Å². The molecule has 1 aliphatic carbocycles. The Morgan fingerprint density at radius 2 is 1.94 bits per heavy atom. The monoisotopic (exact) mass is 240 g/mol. The van der Waals surface area contributed by atoms with E-state index in [1.54, 1.807) is 0 Å². The third-order valence-corrected chi connectivity index (χ3v) is 4.66. The molecule has 2 atom stereocenters. The van der Waals surface area contributed by atoms with Crippen LogP contribution in [0.5, 0.6) is 0 Å². The van der Waals surface area contributed by atoms with E-state index >= 15 is 0 Å². The van der Waals surface area contributed by atoms with Gasteiger partial charge in [0.25, 0.3) is 0 Å². The van der Waals surface area contributed by atoms with Gasteiger partial charge < -0.3 is 10.4 Å². The van der Waals surface area contributed by atoms with Crippen LogP contribution in [0.2, 0.25) is 0 Å². The molecule has 0 amide bonds. The molecule has 0 aromatic heterocycles. The van der Waals surface area contributed by atoms with Gasteiger partial charge in [-0.2, -0.15) is 0 Å². The molecule has 1 aliphatic heterocycles. The fourth-order valence-electron chi connectivity index (χ4n) is 3.67. The second-order valence-corrected chi connectivity index (χ2v) is 5.65. The third-order valence-electron chi connectivity index (χ3n) is 4.66. The first-order chi connectivity index (χ1) is 8.36. The lowest BCUT2D eigenvalue weighted by Gasteiger charge is -2.40. The van der Waals surface area contributed by atoms with E-state index in [9.17, 15) is 5.11 Å². The van der Waals surface area contributed by atoms with Gasteiger partial charge in [0.05, 0.1) is 6.61 Å². The predicted octanol–water partition coefficient (Wildman–Crippen LogP) is 1.61. The Hall–Kier alpha value is -0.120. The number of aliphatic hydroxyl groups excluding tert-OH is 1. The van der Waals surface area contributed by atoms with E-state index in [0.29, 0.717) is 12.6 Å². The molecule has 1 saturated heterocycles. The first kappa shape index (κ1) is 13.3. The number of hydrogen-bond acceptors (Lipinski definition) is 3. The molecule has 2 aliphatic rings. The van der Waals surface area contributed by atoms with Crippen molar-refractivity contribution < 1.29 is 5.11 Å². The Bertz CT molecular complexity index is 216. The maximum Gasteiger partial charge on any atom is 0.0558 e. The summed E-state index contributed by atoms with van der Waals surface area (Å²) in [5.41, 5.74) is 0. The van der Waals surface area contributed by atoms with Crippen LogP contribution in [0, 0.1) is 5.92 Å². The average Bonchev–Trinajstić information content (AvgIpc) is 2.85. The maximum absolute atomic E-state index is 9.32. The van der Waals surface area contributed by atoms with E-state index < -0.39 is 0 Å². The number of nitrogens with zero attached hydrogens (tertiary/aromatic N) is 1. The Balaban J connectivity index is 1.99. The van der Waals surface area contributed by atoms with Gasteiger partial charge in [-0.05, 0) is 25.3 Å². The molecular weight excluding hydrogens is 212 g/mol. The molecule has 0 bridgehead atoms. The summed E-state index contributed by atoms with van der Waals surface area (Å²) in [6.45, 7) is 5.75. The highest BCUT2D eigenvalue weighted by Gasteiger charge is 2.34. The van der Waals surface area contributed by atoms with Gasteiger partial charge in [0.1, 0.15) is 0 Å². The topological polar surface area (TPSA) is 35.5 Å². The molecule has 2 unspecified atom stereocenters. The van der Waals surface area contributed by atoms with E-state index in [0.717, 1.165) is 31.6 Å². The van der Waals surface area contributed by atoms with E-state index in [2.05, 4.69) is 17.1 Å². The summed E-state index contributed by atoms with van der Waals surface area (Å²) in [6, 6.07) is 1.39. The summed E-state index contributed by atoms with van der Waals surface area (Å²) in [5.74, 6) is 0.781. The zero-order valence-electron chi connectivity index (χ0n) is 11.2. The van der Waals surface area contributed by atoms with Gasteiger partial charge in [-0.15, -0.1) is 0 Å². The van der Waals surface area contributed by atoms with Crippen LogP contribution >= 0.6 is 0 Å². The first-order valence-corrected chi connectivity index (χ1v) is 7.44. The molecule has 100 valence electrons. The second kappa shape index (κ2) is 6.72. The van der Waals surface area contributed by atoms with Crippen LogP contribution in [0.15, 0.2) is 0 Å². The predicted molar refractivity (Wildman–Crippen MR) is 71.1 cm³/mol. The van der Waals surface area contributed by atoms with Crippen LogP contribution < -0.4 is 5.32 Å². The molecule has 2 fully saturated rings. The maximum atomic E-state index is 9.32. The van der Waals surface area contributed by atoms with Crippen molar-refractivity contribution in [1.82, 2.24) is 10.2 Å². The van der Waals surface area contributed by atoms with Crippen LogP contribution in [-0.4, -0.2) is 48.3 Å². The fourth-order valence-corrected chi connectivity index (χ4v) is 3.67. The SMILES string of the molecule is CCC1CNCC1N(CCO)C1CCCCC1. The number of nitrogens with one attached hydrogen (secondary N) is 1. The van der Waals surface area contributed by atoms with Gasteiger partial charge in [0.2, 0.25) is 0 Å². The lowest BCUT2D eigenvalue weighted by molar-refractivity contribution is 0.0683. The van der Waals surface area contributed by atoms with E-state index in [-0.39, 0.29) is 0 Å². The summed E-state index contributed by atoms with van der Waals surface area (Å²) >= 11 is 0. The largest absolute Gasteiger partial charge is 0.395 e. The van der Waals surface area contributed by atoms with Gasteiger partial charge >= 0.3 is 0 Å². The van der Waals surface area contributed by atoms with Crippen LogP contribution in [0.3, 0.4) is 0 Å². The van der Waals surface area contributed by atoms with Gasteiger partial charge in [0.15, 0.2) is 0 Å². The zero-order valence-corrected chi connectivity index (χ0v) is 11.2. The lowest BCUT2D eigenvalue weighted by Crippen LogP contribution is -2.49. The first-order valence-electron chi connectivity index (χ1n) is 7.44. The molecule has 2 rings (SSSR count). The fraction of sp³-hybridized carbons (Fsp3) is 1.00. The quantitative estimate of drug-likeness (QED) is 0.766. The molecule has 1 heterocycles. The zero-order chi connectivity index (χ0) is 12.1. The molecule has 0 aromatic carbocycles. The molecule has 0 radical (unpaired) electrons. The van der Waals surface area contributed by atoms with Crippen LogP contribution in [0.4, 0.5) is 0 Å². The Morgan fingerprint density at radius 1 is 1.18 bits per heavy atom. The van der Waals surface area contributed by atoms with Crippen LogP contribution in [0.25, 0.3) is 0 Å². The highest BCUT2D eigenvalue weighted by Crippen LogP contribution is 2.28. The molecule has 2 N–H and O–H groups in total. The average molecular weight is 240 g/mol. The Kier molecular flexibility index (Phi) is 5.26. The minimum atomic E-state index is 0.309. The van der Waals surface area contributed by atoms with Gasteiger partial charge in [-0.3, -0.25) is 4.90 Å². The normalized spacial score (nSPS) is 31.2. The van der Waals surface area contributed by atoms with Crippen molar-refractivity contribution in [3.63, 3.8) is 0 Å². The van der Waals surface area contributed by atoms with Gasteiger partial charge in [-0.25, -0.2) is 0 Å². The van der Waals surface area contributed by atoms with Crippen molar-refractivity contribution in [2.45, 2.75) is 57.5 Å². The highest BCUT2D eigenvalue weighted by atomic mass is 16.3. The van der Waals surface area contributed by atoms with Crippen molar-refractivity contribution in [2.24, 2.45) is 5.92 Å². The van der Waals surface area contributed by atoms with E-state index in [1.807, 2.05) is 0 Å². The van der Waals surface area contributed by atoms with Crippen LogP contribution in [-0.2, 0) is 0 Å². The summed E-state index contributed by atoms with van der Waals surface area (Å²) < 4.78 is 0. The van der Waals surface area contributed by atoms with E-state index in [4.69, 9.17) is 0 Å². The third kappa shape index (κ3) is 3.21. The molecule has 0 aromatic rings. The summed E-state index contributed by atoms with van der Waals surface area (Å²) in [6.07, 6.45) is 8.10. The minimum absolute atomic E-state index is 0.309. The van der Waals surface area contributed by atoms with E-state index in [1.165, 1.54) is 38.5 Å². The van der Waals surface area contributed by atoms with Gasteiger partial charge in [-0.1, -0.05) is 32.6 Å². The van der Waals surface area contributed by atoms with Crippen molar-refractivity contribution in [3.05, 3.63) is 0 Å². The molecule has 17 heavy (non-hydrogen) atoms. The summed E-state index contributed by atoms with van der Waals surface area (Å²) in [7, 11) is 0. The summed E-state index contributed by atoms with van der Waals surface area (Å²) in [5, 5.41) is 12.9. The van der Waals surface area contributed by atoms with Crippen molar-refractivity contribution >= 4 is 0 Å². The van der Waals surface area contributed by atoms with Crippen molar-refractivity contribution in [2.75, 3.05) is 26.2 Å². The Labute approximate surface area is 106 Å². The molecular formula is C14H28N2O. The number of aliphatic hydroxyl groups is 1.